The van der Waals surface area contributed by atoms with Gasteiger partial charge in [0, 0.05) is 31.2 Å². The Balaban J connectivity index is 2.82. The highest BCUT2D eigenvalue weighted by Crippen LogP contribution is 2.31. The zero-order valence-corrected chi connectivity index (χ0v) is 14.3. The zero-order valence-electron chi connectivity index (χ0n) is 14.3. The van der Waals surface area contributed by atoms with Crippen molar-refractivity contribution in [3.63, 3.8) is 0 Å². The van der Waals surface area contributed by atoms with Gasteiger partial charge in [-0.2, -0.15) is 0 Å². The predicted molar refractivity (Wildman–Crippen MR) is 85.6 cm³/mol. The minimum absolute atomic E-state index is 0.299. The van der Waals surface area contributed by atoms with Crippen LogP contribution in [0.2, 0.25) is 0 Å². The highest BCUT2D eigenvalue weighted by molar-refractivity contribution is 4.98. The molecule has 0 saturated carbocycles. The molecule has 0 radical (unpaired) electrons. The molecule has 0 amide bonds. The summed E-state index contributed by atoms with van der Waals surface area (Å²) in [7, 11) is 0. The van der Waals surface area contributed by atoms with Crippen molar-refractivity contribution < 1.29 is 0 Å². The SMILES string of the molecule is CCC(CC)CN1CC(C)(CC)NCC1C(C)(C)C. The summed E-state index contributed by atoms with van der Waals surface area (Å²) in [6.07, 6.45) is 3.82. The van der Waals surface area contributed by atoms with Gasteiger partial charge in [0.2, 0.25) is 0 Å². The number of hydrogen-bond acceptors (Lipinski definition) is 2. The van der Waals surface area contributed by atoms with Crippen LogP contribution in [0, 0.1) is 11.3 Å². The quantitative estimate of drug-likeness (QED) is 0.813. The van der Waals surface area contributed by atoms with E-state index in [0.29, 0.717) is 17.0 Å². The fraction of sp³-hybridized carbons (Fsp3) is 1.00. The Hall–Kier alpha value is -0.0800. The molecule has 1 N–H and O–H groups in total. The summed E-state index contributed by atoms with van der Waals surface area (Å²) in [6, 6.07) is 0.660. The van der Waals surface area contributed by atoms with Gasteiger partial charge < -0.3 is 5.32 Å². The molecule has 0 aromatic rings. The Labute approximate surface area is 121 Å². The molecule has 1 fully saturated rings. The lowest BCUT2D eigenvalue weighted by molar-refractivity contribution is 0.0147. The molecule has 1 heterocycles. The molecule has 0 spiro atoms. The van der Waals surface area contributed by atoms with Gasteiger partial charge in [-0.15, -0.1) is 0 Å². The van der Waals surface area contributed by atoms with Gasteiger partial charge in [0.25, 0.3) is 0 Å². The van der Waals surface area contributed by atoms with Crippen molar-refractivity contribution in [2.75, 3.05) is 19.6 Å². The third-order valence-electron chi connectivity index (χ3n) is 5.14. The summed E-state index contributed by atoms with van der Waals surface area (Å²) in [5.74, 6) is 0.851. The average molecular weight is 268 g/mol. The van der Waals surface area contributed by atoms with E-state index >= 15 is 0 Å². The van der Waals surface area contributed by atoms with Crippen LogP contribution in [-0.2, 0) is 0 Å². The van der Waals surface area contributed by atoms with Gasteiger partial charge in [-0.1, -0.05) is 54.4 Å². The van der Waals surface area contributed by atoms with Crippen molar-refractivity contribution in [1.29, 1.82) is 0 Å². The van der Waals surface area contributed by atoms with E-state index in [1.807, 2.05) is 0 Å². The van der Waals surface area contributed by atoms with Gasteiger partial charge in [0.05, 0.1) is 0 Å². The van der Waals surface area contributed by atoms with E-state index in [1.165, 1.54) is 32.4 Å². The Morgan fingerprint density at radius 2 is 1.79 bits per heavy atom. The van der Waals surface area contributed by atoms with Gasteiger partial charge >= 0.3 is 0 Å². The molecule has 0 bridgehead atoms. The van der Waals surface area contributed by atoms with Crippen LogP contribution in [0.5, 0.6) is 0 Å². The van der Waals surface area contributed by atoms with Crippen molar-refractivity contribution in [2.45, 2.75) is 79.3 Å². The maximum Gasteiger partial charge on any atom is 0.0278 e. The molecule has 1 saturated heterocycles. The molecule has 1 aliphatic heterocycles. The summed E-state index contributed by atoms with van der Waals surface area (Å²) in [6.45, 7) is 20.1. The first-order valence-electron chi connectivity index (χ1n) is 8.24. The number of rotatable bonds is 5. The van der Waals surface area contributed by atoms with Gasteiger partial charge in [0.1, 0.15) is 0 Å². The fourth-order valence-corrected chi connectivity index (χ4v) is 3.25. The van der Waals surface area contributed by atoms with E-state index in [9.17, 15) is 0 Å². The number of piperazine rings is 1. The zero-order chi connectivity index (χ0) is 14.7. The highest BCUT2D eigenvalue weighted by atomic mass is 15.3. The largest absolute Gasteiger partial charge is 0.309 e. The van der Waals surface area contributed by atoms with Crippen LogP contribution in [0.1, 0.15) is 67.7 Å². The molecule has 2 heteroatoms. The molecule has 0 aromatic heterocycles. The molecular formula is C17H36N2. The first-order chi connectivity index (χ1) is 8.75. The van der Waals surface area contributed by atoms with Gasteiger partial charge in [0.15, 0.2) is 0 Å². The molecular weight excluding hydrogens is 232 g/mol. The highest BCUT2D eigenvalue weighted by Gasteiger charge is 2.39. The standard InChI is InChI=1S/C17H36N2/c1-8-14(9-2)12-19-13-17(7,10-3)18-11-15(19)16(4,5)6/h14-15,18H,8-13H2,1-7H3. The van der Waals surface area contributed by atoms with Crippen molar-refractivity contribution in [3.8, 4) is 0 Å². The van der Waals surface area contributed by atoms with Crippen LogP contribution in [0.4, 0.5) is 0 Å². The average Bonchev–Trinajstić information content (AvgIpc) is 2.34. The maximum atomic E-state index is 3.80. The second-order valence-corrected chi connectivity index (χ2v) is 7.79. The lowest BCUT2D eigenvalue weighted by Crippen LogP contribution is -2.66. The third-order valence-corrected chi connectivity index (χ3v) is 5.14. The van der Waals surface area contributed by atoms with Crippen molar-refractivity contribution in [2.24, 2.45) is 11.3 Å². The topological polar surface area (TPSA) is 15.3 Å². The normalized spacial score (nSPS) is 30.0. The lowest BCUT2D eigenvalue weighted by atomic mass is 9.80. The molecule has 0 aliphatic carbocycles. The molecule has 2 nitrogen and oxygen atoms in total. The van der Waals surface area contributed by atoms with Crippen LogP contribution in [-0.4, -0.2) is 36.1 Å². The van der Waals surface area contributed by atoms with Crippen LogP contribution >= 0.6 is 0 Å². The molecule has 2 unspecified atom stereocenters. The smallest absolute Gasteiger partial charge is 0.0278 e. The monoisotopic (exact) mass is 268 g/mol. The van der Waals surface area contributed by atoms with Crippen molar-refractivity contribution in [3.05, 3.63) is 0 Å². The Kier molecular flexibility index (Phi) is 5.88. The Morgan fingerprint density at radius 1 is 1.21 bits per heavy atom. The summed E-state index contributed by atoms with van der Waals surface area (Å²) in [5.41, 5.74) is 0.655. The first kappa shape index (κ1) is 17.0. The lowest BCUT2D eigenvalue weighted by Gasteiger charge is -2.51. The molecule has 114 valence electrons. The second-order valence-electron chi connectivity index (χ2n) is 7.79. The van der Waals surface area contributed by atoms with Crippen molar-refractivity contribution >= 4 is 0 Å². The number of hydrogen-bond donors (Lipinski definition) is 1. The molecule has 1 aliphatic rings. The predicted octanol–water partition coefficient (Wildman–Crippen LogP) is 3.91. The van der Waals surface area contributed by atoms with Crippen LogP contribution in [0.3, 0.4) is 0 Å². The first-order valence-corrected chi connectivity index (χ1v) is 8.24. The minimum Gasteiger partial charge on any atom is -0.309 e. The summed E-state index contributed by atoms with van der Waals surface area (Å²) >= 11 is 0. The third kappa shape index (κ3) is 4.46. The van der Waals surface area contributed by atoms with Gasteiger partial charge in [-0.05, 0) is 24.7 Å². The van der Waals surface area contributed by atoms with Crippen molar-refractivity contribution in [1.82, 2.24) is 10.2 Å². The van der Waals surface area contributed by atoms with Crippen LogP contribution < -0.4 is 5.32 Å². The molecule has 0 aromatic carbocycles. The van der Waals surface area contributed by atoms with E-state index in [1.54, 1.807) is 0 Å². The molecule has 1 rings (SSSR count). The van der Waals surface area contributed by atoms with E-state index in [4.69, 9.17) is 0 Å². The van der Waals surface area contributed by atoms with Gasteiger partial charge in [-0.25, -0.2) is 0 Å². The van der Waals surface area contributed by atoms with E-state index in [2.05, 4.69) is 58.7 Å². The maximum absolute atomic E-state index is 3.80. The minimum atomic E-state index is 0.299. The van der Waals surface area contributed by atoms with Crippen LogP contribution in [0.25, 0.3) is 0 Å². The number of nitrogens with one attached hydrogen (secondary N) is 1. The summed E-state index contributed by atoms with van der Waals surface area (Å²) in [4.78, 5) is 2.78. The van der Waals surface area contributed by atoms with E-state index in [0.717, 1.165) is 12.5 Å². The van der Waals surface area contributed by atoms with Crippen LogP contribution in [0.15, 0.2) is 0 Å². The fourth-order valence-electron chi connectivity index (χ4n) is 3.25. The molecule has 2 atom stereocenters. The second kappa shape index (κ2) is 6.58. The molecule has 19 heavy (non-hydrogen) atoms. The summed E-state index contributed by atoms with van der Waals surface area (Å²) < 4.78 is 0. The van der Waals surface area contributed by atoms with E-state index < -0.39 is 0 Å². The summed E-state index contributed by atoms with van der Waals surface area (Å²) in [5, 5.41) is 3.80. The van der Waals surface area contributed by atoms with Gasteiger partial charge in [-0.3, -0.25) is 4.90 Å². The van der Waals surface area contributed by atoms with E-state index in [-0.39, 0.29) is 0 Å². The Morgan fingerprint density at radius 3 is 2.21 bits per heavy atom. The Bertz CT molecular complexity index is 265. The number of nitrogens with zero attached hydrogens (tertiary/aromatic N) is 1.